The number of nitrogens with zero attached hydrogens (tertiary/aromatic N) is 4. The molecule has 0 aliphatic rings. The van der Waals surface area contributed by atoms with Crippen molar-refractivity contribution in [3.8, 4) is 6.01 Å². The van der Waals surface area contributed by atoms with Crippen LogP contribution in [0.25, 0.3) is 11.2 Å². The highest BCUT2D eigenvalue weighted by atomic mass is 79.9. The van der Waals surface area contributed by atoms with Gasteiger partial charge in [-0.3, -0.25) is 9.36 Å². The Kier molecular flexibility index (Phi) is 7.15. The van der Waals surface area contributed by atoms with Gasteiger partial charge in [-0.1, -0.05) is 37.6 Å². The SMILES string of the molecule is CCCCOc1nc(N)c2nc(Br)n(Cc3cccc(CC(=O)OC(C)(C)C)c3)c2n1. The van der Waals surface area contributed by atoms with Crippen molar-refractivity contribution in [3.05, 3.63) is 40.1 Å². The number of rotatable bonds is 8. The average Bonchev–Trinajstić information content (AvgIpc) is 2.97. The lowest BCUT2D eigenvalue weighted by Crippen LogP contribution is -2.24. The Morgan fingerprint density at radius 2 is 1.94 bits per heavy atom. The lowest BCUT2D eigenvalue weighted by Gasteiger charge is -2.19. The molecule has 0 saturated heterocycles. The molecule has 31 heavy (non-hydrogen) atoms. The molecule has 0 saturated carbocycles. The maximum atomic E-state index is 12.2. The van der Waals surface area contributed by atoms with Crippen LogP contribution in [0, 0.1) is 0 Å². The molecule has 0 bridgehead atoms. The summed E-state index contributed by atoms with van der Waals surface area (Å²) in [5.41, 5.74) is 8.55. The van der Waals surface area contributed by atoms with Crippen molar-refractivity contribution in [3.63, 3.8) is 0 Å². The molecule has 0 atom stereocenters. The number of aromatic nitrogens is 4. The van der Waals surface area contributed by atoms with Crippen molar-refractivity contribution in [2.45, 2.75) is 59.1 Å². The standard InChI is InChI=1S/C22H28BrN5O3/c1-5-6-10-30-21-26-18(24)17-19(27-21)28(20(23)25-17)13-15-9-7-8-14(11-15)12-16(29)31-22(2,3)4/h7-9,11H,5-6,10,12-13H2,1-4H3,(H2,24,26,27). The Hall–Kier alpha value is -2.68. The van der Waals surface area contributed by atoms with E-state index in [1.165, 1.54) is 0 Å². The van der Waals surface area contributed by atoms with Crippen LogP contribution < -0.4 is 10.5 Å². The van der Waals surface area contributed by atoms with Gasteiger partial charge in [-0.25, -0.2) is 4.98 Å². The van der Waals surface area contributed by atoms with Crippen LogP contribution in [0.4, 0.5) is 5.82 Å². The van der Waals surface area contributed by atoms with E-state index < -0.39 is 5.60 Å². The minimum Gasteiger partial charge on any atom is -0.463 e. The first-order valence-electron chi connectivity index (χ1n) is 10.3. The molecular weight excluding hydrogens is 462 g/mol. The van der Waals surface area contributed by atoms with Crippen molar-refractivity contribution in [1.29, 1.82) is 0 Å². The zero-order valence-corrected chi connectivity index (χ0v) is 19.9. The second-order valence-electron chi connectivity index (χ2n) is 8.32. The number of nitrogens with two attached hydrogens (primary N) is 1. The van der Waals surface area contributed by atoms with Gasteiger partial charge in [0, 0.05) is 0 Å². The Balaban J connectivity index is 1.84. The summed E-state index contributed by atoms with van der Waals surface area (Å²) in [4.78, 5) is 25.4. The van der Waals surface area contributed by atoms with E-state index in [1.54, 1.807) is 0 Å². The monoisotopic (exact) mass is 489 g/mol. The van der Waals surface area contributed by atoms with Crippen LogP contribution in [0.2, 0.25) is 0 Å². The van der Waals surface area contributed by atoms with Gasteiger partial charge in [-0.2, -0.15) is 9.97 Å². The van der Waals surface area contributed by atoms with Crippen molar-refractivity contribution in [1.82, 2.24) is 19.5 Å². The third kappa shape index (κ3) is 6.16. The molecule has 166 valence electrons. The maximum Gasteiger partial charge on any atom is 0.320 e. The number of esters is 1. The van der Waals surface area contributed by atoms with Gasteiger partial charge in [0.2, 0.25) is 0 Å². The summed E-state index contributed by atoms with van der Waals surface area (Å²) >= 11 is 3.50. The first-order valence-corrected chi connectivity index (χ1v) is 11.1. The Morgan fingerprint density at radius 1 is 1.19 bits per heavy atom. The van der Waals surface area contributed by atoms with E-state index in [2.05, 4.69) is 37.8 Å². The number of nitrogen functional groups attached to an aromatic ring is 1. The molecule has 0 aliphatic carbocycles. The molecule has 0 aliphatic heterocycles. The number of benzene rings is 1. The number of halogens is 1. The molecule has 0 spiro atoms. The van der Waals surface area contributed by atoms with Crippen molar-refractivity contribution in [2.24, 2.45) is 0 Å². The fourth-order valence-corrected chi connectivity index (χ4v) is 3.52. The number of ether oxygens (including phenoxy) is 2. The van der Waals surface area contributed by atoms with Gasteiger partial charge in [0.1, 0.15) is 5.60 Å². The summed E-state index contributed by atoms with van der Waals surface area (Å²) < 4.78 is 13.6. The smallest absolute Gasteiger partial charge is 0.320 e. The maximum absolute atomic E-state index is 12.2. The minimum atomic E-state index is -0.508. The van der Waals surface area contributed by atoms with Crippen molar-refractivity contribution >= 4 is 38.9 Å². The van der Waals surface area contributed by atoms with Crippen LogP contribution in [-0.4, -0.2) is 37.7 Å². The van der Waals surface area contributed by atoms with Gasteiger partial charge < -0.3 is 15.2 Å². The van der Waals surface area contributed by atoms with Crippen molar-refractivity contribution in [2.75, 3.05) is 12.3 Å². The molecule has 0 radical (unpaired) electrons. The van der Waals surface area contributed by atoms with Gasteiger partial charge >= 0.3 is 12.0 Å². The minimum absolute atomic E-state index is 0.210. The fraction of sp³-hybridized carbons (Fsp3) is 0.455. The molecule has 3 rings (SSSR count). The zero-order chi connectivity index (χ0) is 22.6. The van der Waals surface area contributed by atoms with E-state index in [-0.39, 0.29) is 24.2 Å². The average molecular weight is 490 g/mol. The molecular formula is C22H28BrN5O3. The van der Waals surface area contributed by atoms with E-state index >= 15 is 0 Å². The molecule has 0 fully saturated rings. The highest BCUT2D eigenvalue weighted by molar-refractivity contribution is 9.10. The van der Waals surface area contributed by atoms with Crippen LogP contribution in [-0.2, 0) is 22.5 Å². The first-order chi connectivity index (χ1) is 14.7. The third-order valence-electron chi connectivity index (χ3n) is 4.38. The molecule has 3 aromatic rings. The summed E-state index contributed by atoms with van der Waals surface area (Å²) in [6.07, 6.45) is 2.14. The Labute approximate surface area is 190 Å². The number of fused-ring (bicyclic) bond motifs is 1. The number of hydrogen-bond donors (Lipinski definition) is 1. The van der Waals surface area contributed by atoms with E-state index in [0.29, 0.717) is 29.0 Å². The predicted molar refractivity (Wildman–Crippen MR) is 123 cm³/mol. The quantitative estimate of drug-likeness (QED) is 0.285. The molecule has 8 nitrogen and oxygen atoms in total. The van der Waals surface area contributed by atoms with Gasteiger partial charge in [-0.15, -0.1) is 0 Å². The first kappa shape index (κ1) is 23.0. The second-order valence-corrected chi connectivity index (χ2v) is 9.03. The summed E-state index contributed by atoms with van der Waals surface area (Å²) in [5, 5.41) is 0. The molecule has 9 heteroatoms. The summed E-state index contributed by atoms with van der Waals surface area (Å²) in [7, 11) is 0. The van der Waals surface area contributed by atoms with E-state index in [9.17, 15) is 4.79 Å². The number of carbonyl (C=O) groups excluding carboxylic acids is 1. The molecule has 0 amide bonds. The highest BCUT2D eigenvalue weighted by Crippen LogP contribution is 2.25. The van der Waals surface area contributed by atoms with Gasteiger partial charge in [0.05, 0.1) is 19.6 Å². The molecule has 2 aromatic heterocycles. The number of anilines is 1. The number of carbonyl (C=O) groups is 1. The molecule has 1 aromatic carbocycles. The van der Waals surface area contributed by atoms with Crippen LogP contribution in [0.15, 0.2) is 29.0 Å². The van der Waals surface area contributed by atoms with Crippen molar-refractivity contribution < 1.29 is 14.3 Å². The summed E-state index contributed by atoms with van der Waals surface area (Å²) in [5.74, 6) is 0.0166. The van der Waals surface area contributed by atoms with Crippen LogP contribution in [0.5, 0.6) is 6.01 Å². The highest BCUT2D eigenvalue weighted by Gasteiger charge is 2.18. The Morgan fingerprint density at radius 3 is 2.65 bits per heavy atom. The Bertz CT molecular complexity index is 1070. The third-order valence-corrected chi connectivity index (χ3v) is 4.99. The fourth-order valence-electron chi connectivity index (χ4n) is 3.05. The van der Waals surface area contributed by atoms with Crippen LogP contribution >= 0.6 is 15.9 Å². The topological polar surface area (TPSA) is 105 Å². The molecule has 2 N–H and O–H groups in total. The lowest BCUT2D eigenvalue weighted by molar-refractivity contribution is -0.153. The second kappa shape index (κ2) is 9.64. The summed E-state index contributed by atoms with van der Waals surface area (Å²) in [6, 6.07) is 8.04. The largest absolute Gasteiger partial charge is 0.463 e. The number of hydrogen-bond acceptors (Lipinski definition) is 7. The van der Waals surface area contributed by atoms with E-state index in [4.69, 9.17) is 15.2 Å². The number of unbranched alkanes of at least 4 members (excludes halogenated alkanes) is 1. The molecule has 0 unspecified atom stereocenters. The van der Waals surface area contributed by atoms with Gasteiger partial charge in [0.15, 0.2) is 21.7 Å². The van der Waals surface area contributed by atoms with E-state index in [1.807, 2.05) is 49.6 Å². The normalized spacial score (nSPS) is 11.6. The summed E-state index contributed by atoms with van der Waals surface area (Å²) in [6.45, 7) is 8.68. The zero-order valence-electron chi connectivity index (χ0n) is 18.3. The molecule has 2 heterocycles. The van der Waals surface area contributed by atoms with Gasteiger partial charge in [0.25, 0.3) is 0 Å². The van der Waals surface area contributed by atoms with Crippen LogP contribution in [0.1, 0.15) is 51.7 Å². The van der Waals surface area contributed by atoms with E-state index in [0.717, 1.165) is 24.0 Å². The predicted octanol–water partition coefficient (Wildman–Crippen LogP) is 4.28. The van der Waals surface area contributed by atoms with Gasteiger partial charge in [-0.05, 0) is 54.2 Å². The lowest BCUT2D eigenvalue weighted by atomic mass is 10.1. The van der Waals surface area contributed by atoms with Crippen LogP contribution in [0.3, 0.4) is 0 Å². The number of imidazole rings is 1.